The molecular weight excluding hydrogens is 350 g/mol. The van der Waals surface area contributed by atoms with Gasteiger partial charge in [-0.2, -0.15) is 0 Å². The van der Waals surface area contributed by atoms with Crippen molar-refractivity contribution in [1.29, 1.82) is 0 Å². The van der Waals surface area contributed by atoms with Crippen LogP contribution in [0.3, 0.4) is 0 Å². The van der Waals surface area contributed by atoms with Crippen molar-refractivity contribution >= 4 is 33.2 Å². The predicted octanol–water partition coefficient (Wildman–Crippen LogP) is 5.59. The summed E-state index contributed by atoms with van der Waals surface area (Å²) in [6.45, 7) is 6.80. The number of anilines is 1. The summed E-state index contributed by atoms with van der Waals surface area (Å²) in [5.41, 5.74) is 3.09. The molecule has 0 aliphatic heterocycles. The predicted molar refractivity (Wildman–Crippen MR) is 93.3 cm³/mol. The molecule has 2 nitrogen and oxygen atoms in total. The second-order valence-corrected chi connectivity index (χ2v) is 5.90. The molecule has 0 saturated heterocycles. The van der Waals surface area contributed by atoms with Crippen molar-refractivity contribution in [1.82, 2.24) is 0 Å². The van der Waals surface area contributed by atoms with Gasteiger partial charge in [0.2, 0.25) is 0 Å². The van der Waals surface area contributed by atoms with E-state index in [2.05, 4.69) is 27.8 Å². The molecule has 110 valence electrons. The maximum Gasteiger partial charge on any atom is 0.124 e. The van der Waals surface area contributed by atoms with Gasteiger partial charge in [-0.1, -0.05) is 42.5 Å². The molecule has 2 aromatic rings. The first-order valence-corrected chi connectivity index (χ1v) is 7.80. The standard InChI is InChI=1S/C17H17BrClNO/c1-3-8-21-17-7-5-4-6-13(17)11-20-16-10-15(19)12(2)9-14(16)18/h3-7,9-10,20H,1,8,11H2,2H3. The SMILES string of the molecule is C=CCOc1ccccc1CNc1cc(Cl)c(C)cc1Br. The maximum absolute atomic E-state index is 6.17. The molecule has 4 heteroatoms. The largest absolute Gasteiger partial charge is 0.489 e. The monoisotopic (exact) mass is 365 g/mol. The van der Waals surface area contributed by atoms with E-state index in [0.717, 1.165) is 32.1 Å². The smallest absolute Gasteiger partial charge is 0.124 e. The fourth-order valence-electron chi connectivity index (χ4n) is 1.91. The lowest BCUT2D eigenvalue weighted by Crippen LogP contribution is -2.04. The number of hydrogen-bond donors (Lipinski definition) is 1. The summed E-state index contributed by atoms with van der Waals surface area (Å²) in [6, 6.07) is 11.9. The summed E-state index contributed by atoms with van der Waals surface area (Å²) < 4.78 is 6.65. The minimum Gasteiger partial charge on any atom is -0.489 e. The van der Waals surface area contributed by atoms with Gasteiger partial charge in [0.05, 0.1) is 5.69 Å². The van der Waals surface area contributed by atoms with Gasteiger partial charge in [0.1, 0.15) is 12.4 Å². The maximum atomic E-state index is 6.17. The molecule has 0 amide bonds. The van der Waals surface area contributed by atoms with Crippen LogP contribution < -0.4 is 10.1 Å². The van der Waals surface area contributed by atoms with Crippen LogP contribution in [0.15, 0.2) is 53.5 Å². The van der Waals surface area contributed by atoms with Crippen LogP contribution in [0.25, 0.3) is 0 Å². The number of nitrogens with one attached hydrogen (secondary N) is 1. The molecule has 0 radical (unpaired) electrons. The highest BCUT2D eigenvalue weighted by atomic mass is 79.9. The summed E-state index contributed by atoms with van der Waals surface area (Å²) in [6.07, 6.45) is 1.74. The van der Waals surface area contributed by atoms with Gasteiger partial charge in [0, 0.05) is 21.6 Å². The lowest BCUT2D eigenvalue weighted by Gasteiger charge is -2.13. The highest BCUT2D eigenvalue weighted by Gasteiger charge is 2.06. The number of para-hydroxylation sites is 1. The lowest BCUT2D eigenvalue weighted by atomic mass is 10.2. The third kappa shape index (κ3) is 4.26. The van der Waals surface area contributed by atoms with E-state index in [1.54, 1.807) is 6.08 Å². The fraction of sp³-hybridized carbons (Fsp3) is 0.176. The van der Waals surface area contributed by atoms with Crippen molar-refractivity contribution in [3.8, 4) is 5.75 Å². The van der Waals surface area contributed by atoms with Gasteiger partial charge in [-0.25, -0.2) is 0 Å². The summed E-state index contributed by atoms with van der Waals surface area (Å²) in [7, 11) is 0. The molecule has 2 aromatic carbocycles. The quantitative estimate of drug-likeness (QED) is 0.673. The van der Waals surface area contributed by atoms with Crippen LogP contribution in [0.5, 0.6) is 5.75 Å². The number of rotatable bonds is 6. The fourth-order valence-corrected chi connectivity index (χ4v) is 2.67. The van der Waals surface area contributed by atoms with Crippen LogP contribution in [0.1, 0.15) is 11.1 Å². The number of aryl methyl sites for hydroxylation is 1. The van der Waals surface area contributed by atoms with E-state index >= 15 is 0 Å². The molecule has 0 saturated carbocycles. The molecule has 0 fully saturated rings. The minimum absolute atomic E-state index is 0.497. The molecule has 0 aromatic heterocycles. The van der Waals surface area contributed by atoms with E-state index in [9.17, 15) is 0 Å². The molecule has 0 heterocycles. The van der Waals surface area contributed by atoms with E-state index in [-0.39, 0.29) is 0 Å². The molecule has 0 unspecified atom stereocenters. The Hall–Kier alpha value is -1.45. The van der Waals surface area contributed by atoms with Gasteiger partial charge in [-0.3, -0.25) is 0 Å². The van der Waals surface area contributed by atoms with E-state index < -0.39 is 0 Å². The zero-order chi connectivity index (χ0) is 15.2. The van der Waals surface area contributed by atoms with Crippen molar-refractivity contribution in [2.75, 3.05) is 11.9 Å². The third-order valence-corrected chi connectivity index (χ3v) is 4.11. The van der Waals surface area contributed by atoms with E-state index in [1.165, 1.54) is 0 Å². The van der Waals surface area contributed by atoms with Gasteiger partial charge < -0.3 is 10.1 Å². The second-order valence-electron chi connectivity index (χ2n) is 4.64. The van der Waals surface area contributed by atoms with Gasteiger partial charge in [-0.15, -0.1) is 0 Å². The average Bonchev–Trinajstić information content (AvgIpc) is 2.48. The first kappa shape index (κ1) is 15.9. The highest BCUT2D eigenvalue weighted by Crippen LogP contribution is 2.30. The van der Waals surface area contributed by atoms with Crippen LogP contribution >= 0.6 is 27.5 Å². The highest BCUT2D eigenvalue weighted by molar-refractivity contribution is 9.10. The van der Waals surface area contributed by atoms with Crippen molar-refractivity contribution in [3.05, 3.63) is 69.7 Å². The van der Waals surface area contributed by atoms with Crippen LogP contribution in [0, 0.1) is 6.92 Å². The van der Waals surface area contributed by atoms with Crippen LogP contribution in [-0.4, -0.2) is 6.61 Å². The van der Waals surface area contributed by atoms with E-state index in [4.69, 9.17) is 16.3 Å². The summed E-state index contributed by atoms with van der Waals surface area (Å²) >= 11 is 9.72. The Kier molecular flexibility index (Phi) is 5.71. The zero-order valence-electron chi connectivity index (χ0n) is 11.8. The Balaban J connectivity index is 2.13. The summed E-state index contributed by atoms with van der Waals surface area (Å²) in [4.78, 5) is 0. The van der Waals surface area contributed by atoms with Crippen molar-refractivity contribution in [2.24, 2.45) is 0 Å². The number of benzene rings is 2. The summed E-state index contributed by atoms with van der Waals surface area (Å²) in [5, 5.41) is 4.12. The zero-order valence-corrected chi connectivity index (χ0v) is 14.2. The third-order valence-electron chi connectivity index (χ3n) is 3.05. The van der Waals surface area contributed by atoms with Gasteiger partial charge in [0.15, 0.2) is 0 Å². The van der Waals surface area contributed by atoms with E-state index in [1.807, 2.05) is 43.3 Å². The molecule has 0 aliphatic carbocycles. The molecular formula is C17H17BrClNO. The summed E-state index contributed by atoms with van der Waals surface area (Å²) in [5.74, 6) is 0.860. The minimum atomic E-state index is 0.497. The molecule has 21 heavy (non-hydrogen) atoms. The number of ether oxygens (including phenoxy) is 1. The lowest BCUT2D eigenvalue weighted by molar-refractivity contribution is 0.359. The Morgan fingerprint density at radius 3 is 2.86 bits per heavy atom. The first-order chi connectivity index (χ1) is 10.1. The average molecular weight is 367 g/mol. The van der Waals surface area contributed by atoms with E-state index in [0.29, 0.717) is 13.2 Å². The van der Waals surface area contributed by atoms with Gasteiger partial charge in [-0.05, 0) is 46.6 Å². The first-order valence-electron chi connectivity index (χ1n) is 6.63. The number of halogens is 2. The Morgan fingerprint density at radius 1 is 1.33 bits per heavy atom. The molecule has 0 atom stereocenters. The van der Waals surface area contributed by atoms with Crippen LogP contribution in [0.2, 0.25) is 5.02 Å². The van der Waals surface area contributed by atoms with Crippen molar-refractivity contribution in [2.45, 2.75) is 13.5 Å². The second kappa shape index (κ2) is 7.53. The Morgan fingerprint density at radius 2 is 2.10 bits per heavy atom. The van der Waals surface area contributed by atoms with Gasteiger partial charge in [0.25, 0.3) is 0 Å². The number of hydrogen-bond acceptors (Lipinski definition) is 2. The van der Waals surface area contributed by atoms with Gasteiger partial charge >= 0.3 is 0 Å². The van der Waals surface area contributed by atoms with Crippen molar-refractivity contribution in [3.63, 3.8) is 0 Å². The molecule has 0 bridgehead atoms. The molecule has 0 aliphatic rings. The Labute approximate surface area is 138 Å². The van der Waals surface area contributed by atoms with Crippen LogP contribution in [0.4, 0.5) is 5.69 Å². The molecule has 0 spiro atoms. The normalized spacial score (nSPS) is 10.2. The van der Waals surface area contributed by atoms with Crippen molar-refractivity contribution < 1.29 is 4.74 Å². The molecule has 2 rings (SSSR count). The van der Waals surface area contributed by atoms with Crippen LogP contribution in [-0.2, 0) is 6.54 Å². The Bertz CT molecular complexity index is 643. The molecule has 1 N–H and O–H groups in total. The topological polar surface area (TPSA) is 21.3 Å².